The third-order valence-electron chi connectivity index (χ3n) is 4.08. The van der Waals surface area contributed by atoms with Gasteiger partial charge in [0, 0.05) is 24.5 Å². The molecular formula is C13H22N2O3. The first-order valence-electron chi connectivity index (χ1n) is 6.68. The van der Waals surface area contributed by atoms with Crippen LogP contribution in [-0.4, -0.2) is 40.1 Å². The molecule has 1 aliphatic carbocycles. The molecule has 2 fully saturated rings. The quantitative estimate of drug-likeness (QED) is 0.804. The van der Waals surface area contributed by atoms with Gasteiger partial charge in [0.15, 0.2) is 0 Å². The van der Waals surface area contributed by atoms with Crippen molar-refractivity contribution in [2.45, 2.75) is 57.5 Å². The minimum absolute atomic E-state index is 0.0300. The monoisotopic (exact) mass is 254 g/mol. The first-order chi connectivity index (χ1) is 8.37. The molecule has 5 nitrogen and oxygen atoms in total. The van der Waals surface area contributed by atoms with Gasteiger partial charge in [-0.1, -0.05) is 0 Å². The second-order valence-corrected chi connectivity index (χ2v) is 6.19. The Hall–Kier alpha value is -1.26. The molecule has 2 amide bonds. The molecular weight excluding hydrogens is 232 g/mol. The summed E-state index contributed by atoms with van der Waals surface area (Å²) in [4.78, 5) is 24.7. The molecule has 2 N–H and O–H groups in total. The molecule has 0 aromatic heterocycles. The zero-order chi connectivity index (χ0) is 13.3. The van der Waals surface area contributed by atoms with Gasteiger partial charge in [0.1, 0.15) is 0 Å². The number of hydrogen-bond acceptors (Lipinski definition) is 2. The van der Waals surface area contributed by atoms with Gasteiger partial charge in [-0.25, -0.2) is 4.79 Å². The van der Waals surface area contributed by atoms with Crippen molar-refractivity contribution >= 4 is 12.0 Å². The molecule has 1 saturated heterocycles. The summed E-state index contributed by atoms with van der Waals surface area (Å²) in [6.07, 6.45) is 4.04. The van der Waals surface area contributed by atoms with Crippen molar-refractivity contribution in [2.24, 2.45) is 5.92 Å². The minimum atomic E-state index is -0.822. The van der Waals surface area contributed by atoms with Crippen LogP contribution in [0, 0.1) is 5.92 Å². The van der Waals surface area contributed by atoms with Gasteiger partial charge in [-0.3, -0.25) is 4.79 Å². The highest BCUT2D eigenvalue weighted by Crippen LogP contribution is 2.37. The molecule has 5 heteroatoms. The highest BCUT2D eigenvalue weighted by Gasteiger charge is 2.41. The van der Waals surface area contributed by atoms with E-state index in [0.29, 0.717) is 18.4 Å². The number of hydrogen-bond donors (Lipinski definition) is 2. The summed E-state index contributed by atoms with van der Waals surface area (Å²) in [5.41, 5.74) is -0.461. The molecule has 2 unspecified atom stereocenters. The third-order valence-corrected chi connectivity index (χ3v) is 4.08. The van der Waals surface area contributed by atoms with Gasteiger partial charge in [-0.05, 0) is 45.4 Å². The van der Waals surface area contributed by atoms with E-state index in [4.69, 9.17) is 5.11 Å². The molecule has 1 heterocycles. The Labute approximate surface area is 108 Å². The molecule has 2 aliphatic rings. The molecule has 1 saturated carbocycles. The van der Waals surface area contributed by atoms with Crippen LogP contribution in [0.25, 0.3) is 0 Å². The number of aliphatic carboxylic acids is 1. The molecule has 0 spiro atoms. The SMILES string of the molecule is CC(C)(CCC(=O)O)NC(=O)N1CC2CCC1C2. The van der Waals surface area contributed by atoms with E-state index in [1.165, 1.54) is 6.42 Å². The lowest BCUT2D eigenvalue weighted by Crippen LogP contribution is -2.52. The van der Waals surface area contributed by atoms with E-state index in [0.717, 1.165) is 19.4 Å². The second-order valence-electron chi connectivity index (χ2n) is 6.19. The lowest BCUT2D eigenvalue weighted by Gasteiger charge is -2.33. The van der Waals surface area contributed by atoms with E-state index in [1.54, 1.807) is 0 Å². The fourth-order valence-corrected chi connectivity index (χ4v) is 3.02. The van der Waals surface area contributed by atoms with Crippen LogP contribution >= 0.6 is 0 Å². The van der Waals surface area contributed by atoms with E-state index in [9.17, 15) is 9.59 Å². The van der Waals surface area contributed by atoms with Crippen molar-refractivity contribution in [3.63, 3.8) is 0 Å². The Morgan fingerprint density at radius 2 is 2.11 bits per heavy atom. The summed E-state index contributed by atoms with van der Waals surface area (Å²) >= 11 is 0. The largest absolute Gasteiger partial charge is 0.481 e. The zero-order valence-electron chi connectivity index (χ0n) is 11.1. The number of carbonyl (C=O) groups excluding carboxylic acids is 1. The van der Waals surface area contributed by atoms with Crippen LogP contribution in [0.2, 0.25) is 0 Å². The number of likely N-dealkylation sites (tertiary alicyclic amines) is 1. The van der Waals surface area contributed by atoms with Gasteiger partial charge >= 0.3 is 12.0 Å². The molecule has 0 aromatic carbocycles. The van der Waals surface area contributed by atoms with Gasteiger partial charge in [-0.15, -0.1) is 0 Å². The molecule has 18 heavy (non-hydrogen) atoms. The van der Waals surface area contributed by atoms with E-state index in [-0.39, 0.29) is 12.5 Å². The van der Waals surface area contributed by atoms with E-state index in [1.807, 2.05) is 18.7 Å². The van der Waals surface area contributed by atoms with Crippen LogP contribution in [0.15, 0.2) is 0 Å². The number of carboxylic acids is 1. The number of fused-ring (bicyclic) bond motifs is 2. The van der Waals surface area contributed by atoms with Crippen LogP contribution in [0.3, 0.4) is 0 Å². The van der Waals surface area contributed by atoms with Gasteiger partial charge in [0.05, 0.1) is 0 Å². The van der Waals surface area contributed by atoms with Crippen LogP contribution in [0.5, 0.6) is 0 Å². The zero-order valence-corrected chi connectivity index (χ0v) is 11.1. The molecule has 0 aromatic rings. The predicted molar refractivity (Wildman–Crippen MR) is 67.3 cm³/mol. The molecule has 2 bridgehead atoms. The Morgan fingerprint density at radius 3 is 2.61 bits per heavy atom. The summed E-state index contributed by atoms with van der Waals surface area (Å²) in [7, 11) is 0. The van der Waals surface area contributed by atoms with Crippen molar-refractivity contribution in [3.8, 4) is 0 Å². The van der Waals surface area contributed by atoms with Gasteiger partial charge in [0.2, 0.25) is 0 Å². The van der Waals surface area contributed by atoms with Gasteiger partial charge in [0.25, 0.3) is 0 Å². The maximum absolute atomic E-state index is 12.2. The van der Waals surface area contributed by atoms with Crippen molar-refractivity contribution in [1.82, 2.24) is 10.2 Å². The number of nitrogens with zero attached hydrogens (tertiary/aromatic N) is 1. The highest BCUT2D eigenvalue weighted by atomic mass is 16.4. The molecule has 2 atom stereocenters. The van der Waals surface area contributed by atoms with Crippen molar-refractivity contribution in [1.29, 1.82) is 0 Å². The first kappa shape index (κ1) is 13.2. The predicted octanol–water partition coefficient (Wildman–Crippen LogP) is 1.82. The average Bonchev–Trinajstić information content (AvgIpc) is 2.87. The summed E-state index contributed by atoms with van der Waals surface area (Å²) in [6.45, 7) is 4.62. The van der Waals surface area contributed by atoms with Crippen molar-refractivity contribution in [2.75, 3.05) is 6.54 Å². The Bertz CT molecular complexity index is 354. The number of piperidine rings is 1. The lowest BCUT2D eigenvalue weighted by molar-refractivity contribution is -0.137. The number of carboxylic acid groups (broad SMARTS) is 1. The number of nitrogens with one attached hydrogen (secondary N) is 1. The number of rotatable bonds is 4. The summed E-state index contributed by atoms with van der Waals surface area (Å²) in [5.74, 6) is -0.138. The lowest BCUT2D eigenvalue weighted by atomic mass is 9.98. The number of carbonyl (C=O) groups is 2. The van der Waals surface area contributed by atoms with Crippen LogP contribution in [-0.2, 0) is 4.79 Å². The van der Waals surface area contributed by atoms with Crippen LogP contribution < -0.4 is 5.32 Å². The first-order valence-corrected chi connectivity index (χ1v) is 6.68. The molecule has 1 aliphatic heterocycles. The molecule has 0 radical (unpaired) electrons. The third kappa shape index (κ3) is 2.94. The topological polar surface area (TPSA) is 69.6 Å². The molecule has 102 valence electrons. The fourth-order valence-electron chi connectivity index (χ4n) is 3.02. The smallest absolute Gasteiger partial charge is 0.318 e. The minimum Gasteiger partial charge on any atom is -0.481 e. The Morgan fingerprint density at radius 1 is 1.39 bits per heavy atom. The van der Waals surface area contributed by atoms with Crippen molar-refractivity contribution in [3.05, 3.63) is 0 Å². The average molecular weight is 254 g/mol. The summed E-state index contributed by atoms with van der Waals surface area (Å²) in [5, 5.41) is 11.6. The standard InChI is InChI=1S/C13H22N2O3/c1-13(2,6-5-11(16)17)14-12(18)15-8-9-3-4-10(15)7-9/h9-10H,3-8H2,1-2H3,(H,14,18)(H,16,17). The van der Waals surface area contributed by atoms with Crippen LogP contribution in [0.4, 0.5) is 4.79 Å². The number of urea groups is 1. The van der Waals surface area contributed by atoms with Gasteiger partial charge < -0.3 is 15.3 Å². The fraction of sp³-hybridized carbons (Fsp3) is 0.846. The van der Waals surface area contributed by atoms with E-state index in [2.05, 4.69) is 5.32 Å². The Kier molecular flexibility index (Phi) is 3.50. The van der Waals surface area contributed by atoms with E-state index < -0.39 is 11.5 Å². The normalized spacial score (nSPS) is 26.4. The van der Waals surface area contributed by atoms with Crippen molar-refractivity contribution < 1.29 is 14.7 Å². The van der Waals surface area contributed by atoms with Gasteiger partial charge in [-0.2, -0.15) is 0 Å². The second kappa shape index (κ2) is 4.78. The summed E-state index contributed by atoms with van der Waals surface area (Å²) in [6, 6.07) is 0.378. The maximum atomic E-state index is 12.2. The number of amides is 2. The molecule has 2 rings (SSSR count). The maximum Gasteiger partial charge on any atom is 0.318 e. The Balaban J connectivity index is 1.85. The summed E-state index contributed by atoms with van der Waals surface area (Å²) < 4.78 is 0. The van der Waals surface area contributed by atoms with E-state index >= 15 is 0 Å². The van der Waals surface area contributed by atoms with Crippen LogP contribution in [0.1, 0.15) is 46.0 Å². The highest BCUT2D eigenvalue weighted by molar-refractivity contribution is 5.76.